The lowest BCUT2D eigenvalue weighted by Gasteiger charge is -2.44. The van der Waals surface area contributed by atoms with Crippen molar-refractivity contribution < 1.29 is 17.9 Å². The van der Waals surface area contributed by atoms with Crippen LogP contribution >= 0.6 is 0 Å². The summed E-state index contributed by atoms with van der Waals surface area (Å²) in [7, 11) is 0. The number of morpholine rings is 1. The molecule has 3 heterocycles. The van der Waals surface area contributed by atoms with Gasteiger partial charge in [-0.05, 0) is 37.0 Å². The number of ether oxygens (including phenoxy) is 1. The van der Waals surface area contributed by atoms with E-state index in [4.69, 9.17) is 4.74 Å². The molecule has 1 aromatic carbocycles. The van der Waals surface area contributed by atoms with Crippen LogP contribution in [-0.4, -0.2) is 51.7 Å². The van der Waals surface area contributed by atoms with E-state index >= 15 is 0 Å². The van der Waals surface area contributed by atoms with Gasteiger partial charge in [-0.3, -0.25) is 4.90 Å². The summed E-state index contributed by atoms with van der Waals surface area (Å²) in [6.07, 6.45) is -1.11. The first kappa shape index (κ1) is 20.3. The first-order chi connectivity index (χ1) is 14.9. The van der Waals surface area contributed by atoms with Crippen LogP contribution in [0.5, 0.6) is 0 Å². The number of nitrogens with one attached hydrogen (secondary N) is 2. The second-order valence-corrected chi connectivity index (χ2v) is 8.27. The van der Waals surface area contributed by atoms with E-state index in [1.807, 2.05) is 12.1 Å². The average Bonchev–Trinajstić information content (AvgIpc) is 3.20. The van der Waals surface area contributed by atoms with Crippen molar-refractivity contribution >= 4 is 16.9 Å². The fourth-order valence-electron chi connectivity index (χ4n) is 4.81. The Balaban J connectivity index is 1.54. The van der Waals surface area contributed by atoms with E-state index in [1.165, 1.54) is 11.9 Å². The van der Waals surface area contributed by atoms with Gasteiger partial charge in [0.2, 0.25) is 0 Å². The number of anilines is 1. The molecule has 0 bridgehead atoms. The van der Waals surface area contributed by atoms with Crippen LogP contribution in [0.1, 0.15) is 36.2 Å². The van der Waals surface area contributed by atoms with Crippen LogP contribution in [-0.2, 0) is 17.3 Å². The number of H-pyrrole nitrogens is 1. The van der Waals surface area contributed by atoms with Crippen LogP contribution in [0.3, 0.4) is 0 Å². The topological polar surface area (TPSA) is 66.1 Å². The Morgan fingerprint density at radius 3 is 2.87 bits per heavy atom. The fraction of sp³-hybridized carbons (Fsp3) is 0.455. The minimum absolute atomic E-state index is 0.0995. The van der Waals surface area contributed by atoms with Crippen LogP contribution in [0.2, 0.25) is 0 Å². The second-order valence-electron chi connectivity index (χ2n) is 8.27. The van der Waals surface area contributed by atoms with Gasteiger partial charge in [-0.25, -0.2) is 9.97 Å². The maximum absolute atomic E-state index is 13.2. The highest BCUT2D eigenvalue weighted by Crippen LogP contribution is 2.38. The monoisotopic (exact) mass is 431 g/mol. The van der Waals surface area contributed by atoms with Gasteiger partial charge < -0.3 is 15.0 Å². The third kappa shape index (κ3) is 3.87. The zero-order valence-electron chi connectivity index (χ0n) is 17.1. The second kappa shape index (κ2) is 7.80. The molecule has 2 N–H and O–H groups in total. The lowest BCUT2D eigenvalue weighted by atomic mass is 9.83. The van der Waals surface area contributed by atoms with Crippen molar-refractivity contribution in [3.05, 3.63) is 53.5 Å². The number of aryl methyl sites for hydroxylation is 1. The molecule has 0 saturated carbocycles. The third-order valence-electron chi connectivity index (χ3n) is 6.25. The van der Waals surface area contributed by atoms with Gasteiger partial charge in [0.25, 0.3) is 0 Å². The van der Waals surface area contributed by atoms with E-state index in [1.54, 1.807) is 0 Å². The Morgan fingerprint density at radius 2 is 2.06 bits per heavy atom. The van der Waals surface area contributed by atoms with E-state index in [-0.39, 0.29) is 23.8 Å². The Hall–Kier alpha value is -2.65. The van der Waals surface area contributed by atoms with E-state index in [2.05, 4.69) is 44.2 Å². The normalized spacial score (nSPS) is 24.8. The molecule has 31 heavy (non-hydrogen) atoms. The van der Waals surface area contributed by atoms with Crippen LogP contribution < -0.4 is 5.32 Å². The zero-order chi connectivity index (χ0) is 21.6. The number of fused-ring (bicyclic) bond motifs is 2. The molecule has 0 amide bonds. The molecule has 164 valence electrons. The molecule has 5 rings (SSSR count). The van der Waals surface area contributed by atoms with Gasteiger partial charge >= 0.3 is 6.18 Å². The molecule has 1 aliphatic carbocycles. The molecule has 0 spiro atoms. The lowest BCUT2D eigenvalue weighted by Crippen LogP contribution is -2.51. The Morgan fingerprint density at radius 1 is 1.23 bits per heavy atom. The van der Waals surface area contributed by atoms with Crippen LogP contribution in [0.25, 0.3) is 11.0 Å². The number of halogens is 3. The SMILES string of the molecule is CC1CN(C2CCc3ccccc3C2Nc2ncnc3[nH]c(C(F)(F)F)cc23)CCO1. The summed E-state index contributed by atoms with van der Waals surface area (Å²) in [4.78, 5) is 13.1. The standard InChI is InChI=1S/C22H24F3N5O/c1-13-11-30(8-9-31-13)17-7-6-14-4-2-3-5-15(14)19(17)29-21-16-10-18(22(23,24)25)28-20(16)26-12-27-21/h2-5,10,12-13,17,19H,6-9,11H2,1H3,(H2,26,27,28,29). The van der Waals surface area contributed by atoms with Crippen molar-refractivity contribution in [2.24, 2.45) is 0 Å². The van der Waals surface area contributed by atoms with Gasteiger partial charge in [0.1, 0.15) is 23.5 Å². The number of alkyl halides is 3. The molecule has 1 saturated heterocycles. The maximum Gasteiger partial charge on any atom is 0.431 e. The summed E-state index contributed by atoms with van der Waals surface area (Å²) in [5, 5.41) is 3.83. The maximum atomic E-state index is 13.2. The van der Waals surface area contributed by atoms with Crippen LogP contribution in [0.15, 0.2) is 36.7 Å². The van der Waals surface area contributed by atoms with Crippen molar-refractivity contribution in [2.45, 2.75) is 44.1 Å². The quantitative estimate of drug-likeness (QED) is 0.652. The molecule has 6 nitrogen and oxygen atoms in total. The summed E-state index contributed by atoms with van der Waals surface area (Å²) in [5.74, 6) is 0.407. The molecular formula is C22H24F3N5O. The van der Waals surface area contributed by atoms with Crippen molar-refractivity contribution in [1.29, 1.82) is 0 Å². The molecule has 3 aromatic rings. The molecule has 1 aliphatic heterocycles. The predicted octanol–water partition coefficient (Wildman–Crippen LogP) is 4.17. The highest BCUT2D eigenvalue weighted by atomic mass is 19.4. The van der Waals surface area contributed by atoms with Crippen molar-refractivity contribution in [3.8, 4) is 0 Å². The van der Waals surface area contributed by atoms with Gasteiger partial charge in [-0.2, -0.15) is 13.2 Å². The summed E-state index contributed by atoms with van der Waals surface area (Å²) in [6, 6.07) is 9.42. The minimum Gasteiger partial charge on any atom is -0.376 e. The van der Waals surface area contributed by atoms with Gasteiger partial charge in [-0.15, -0.1) is 0 Å². The van der Waals surface area contributed by atoms with E-state index in [0.29, 0.717) is 17.8 Å². The number of rotatable bonds is 3. The van der Waals surface area contributed by atoms with Crippen molar-refractivity contribution in [2.75, 3.05) is 25.0 Å². The van der Waals surface area contributed by atoms with Gasteiger partial charge in [0.15, 0.2) is 0 Å². The van der Waals surface area contributed by atoms with E-state index in [0.717, 1.165) is 37.6 Å². The van der Waals surface area contributed by atoms with E-state index < -0.39 is 11.9 Å². The zero-order valence-corrected chi connectivity index (χ0v) is 17.1. The smallest absolute Gasteiger partial charge is 0.376 e. The summed E-state index contributed by atoms with van der Waals surface area (Å²) >= 11 is 0. The summed E-state index contributed by atoms with van der Waals surface area (Å²) in [6.45, 7) is 4.40. The number of benzene rings is 1. The fourth-order valence-corrected chi connectivity index (χ4v) is 4.81. The average molecular weight is 431 g/mol. The number of aromatic nitrogens is 3. The molecule has 2 aliphatic rings. The molecule has 2 aromatic heterocycles. The highest BCUT2D eigenvalue weighted by Gasteiger charge is 2.37. The van der Waals surface area contributed by atoms with Crippen molar-refractivity contribution in [3.63, 3.8) is 0 Å². The van der Waals surface area contributed by atoms with Crippen LogP contribution in [0, 0.1) is 0 Å². The van der Waals surface area contributed by atoms with Gasteiger partial charge in [-0.1, -0.05) is 24.3 Å². The Bertz CT molecular complexity index is 1080. The van der Waals surface area contributed by atoms with Crippen LogP contribution in [0.4, 0.5) is 19.0 Å². The molecule has 3 unspecified atom stereocenters. The van der Waals surface area contributed by atoms with Gasteiger partial charge in [0, 0.05) is 19.1 Å². The Labute approximate surface area is 177 Å². The molecule has 0 radical (unpaired) electrons. The summed E-state index contributed by atoms with van der Waals surface area (Å²) < 4.78 is 45.4. The van der Waals surface area contributed by atoms with Gasteiger partial charge in [0.05, 0.1) is 24.1 Å². The first-order valence-corrected chi connectivity index (χ1v) is 10.5. The first-order valence-electron chi connectivity index (χ1n) is 10.5. The number of hydrogen-bond acceptors (Lipinski definition) is 5. The lowest BCUT2D eigenvalue weighted by molar-refractivity contribution is -0.140. The summed E-state index contributed by atoms with van der Waals surface area (Å²) in [5.41, 5.74) is 1.77. The molecular weight excluding hydrogens is 407 g/mol. The number of aromatic amines is 1. The highest BCUT2D eigenvalue weighted by molar-refractivity contribution is 5.88. The number of hydrogen-bond donors (Lipinski definition) is 2. The minimum atomic E-state index is -4.47. The largest absolute Gasteiger partial charge is 0.431 e. The predicted molar refractivity (Wildman–Crippen MR) is 111 cm³/mol. The van der Waals surface area contributed by atoms with E-state index in [9.17, 15) is 13.2 Å². The number of nitrogens with zero attached hydrogens (tertiary/aromatic N) is 3. The molecule has 1 fully saturated rings. The van der Waals surface area contributed by atoms with Crippen molar-refractivity contribution in [1.82, 2.24) is 19.9 Å². The Kier molecular flexibility index (Phi) is 5.10. The third-order valence-corrected chi connectivity index (χ3v) is 6.25. The molecule has 3 atom stereocenters. The molecule has 9 heteroatoms.